The van der Waals surface area contributed by atoms with Crippen molar-refractivity contribution >= 4 is 0 Å². The van der Waals surface area contributed by atoms with Crippen LogP contribution in [-0.2, 0) is 6.54 Å². The Morgan fingerprint density at radius 1 is 0.593 bits per heavy atom. The lowest BCUT2D eigenvalue weighted by molar-refractivity contribution is 0.304. The zero-order chi connectivity index (χ0) is 19.4. The van der Waals surface area contributed by atoms with E-state index in [4.69, 9.17) is 10.5 Å². The Kier molecular flexibility index (Phi) is 16.3. The number of rotatable bonds is 19. The van der Waals surface area contributed by atoms with Gasteiger partial charge in [0, 0.05) is 6.54 Å². The van der Waals surface area contributed by atoms with E-state index >= 15 is 0 Å². The van der Waals surface area contributed by atoms with Gasteiger partial charge < -0.3 is 10.5 Å². The summed E-state index contributed by atoms with van der Waals surface area (Å²) >= 11 is 0. The summed E-state index contributed by atoms with van der Waals surface area (Å²) in [4.78, 5) is 0. The van der Waals surface area contributed by atoms with Crippen molar-refractivity contribution in [1.82, 2.24) is 0 Å². The molecule has 0 spiro atoms. The maximum atomic E-state index is 5.78. The van der Waals surface area contributed by atoms with Crippen LogP contribution in [0.2, 0.25) is 0 Å². The Morgan fingerprint density at radius 3 is 1.41 bits per heavy atom. The van der Waals surface area contributed by atoms with Crippen LogP contribution in [0.1, 0.15) is 115 Å². The lowest BCUT2D eigenvalue weighted by Crippen LogP contribution is -1.99. The van der Waals surface area contributed by atoms with Crippen LogP contribution in [0.3, 0.4) is 0 Å². The number of hydrogen-bond acceptors (Lipinski definition) is 2. The SMILES string of the molecule is CCCCCCCCCCCCCCCCCCOc1ccc(CN)cc1. The Morgan fingerprint density at radius 2 is 1.00 bits per heavy atom. The van der Waals surface area contributed by atoms with Crippen molar-refractivity contribution in [2.45, 2.75) is 116 Å². The molecule has 2 nitrogen and oxygen atoms in total. The normalized spacial score (nSPS) is 11.0. The second kappa shape index (κ2) is 18.3. The average Bonchev–Trinajstić information content (AvgIpc) is 2.70. The van der Waals surface area contributed by atoms with Crippen LogP contribution in [0.15, 0.2) is 24.3 Å². The van der Waals surface area contributed by atoms with Crippen molar-refractivity contribution in [3.8, 4) is 5.75 Å². The summed E-state index contributed by atoms with van der Waals surface area (Å²) in [6.45, 7) is 3.72. The van der Waals surface area contributed by atoms with E-state index in [0.717, 1.165) is 24.3 Å². The van der Waals surface area contributed by atoms with Crippen molar-refractivity contribution in [2.75, 3.05) is 6.61 Å². The molecular formula is C25H45NO. The quantitative estimate of drug-likeness (QED) is 0.250. The highest BCUT2D eigenvalue weighted by molar-refractivity contribution is 5.26. The molecule has 1 rings (SSSR count). The van der Waals surface area contributed by atoms with E-state index < -0.39 is 0 Å². The molecule has 0 aliphatic heterocycles. The molecule has 0 aliphatic carbocycles. The van der Waals surface area contributed by atoms with Crippen molar-refractivity contribution in [3.05, 3.63) is 29.8 Å². The molecule has 1 aromatic rings. The summed E-state index contributed by atoms with van der Waals surface area (Å²) < 4.78 is 5.78. The van der Waals surface area contributed by atoms with Crippen LogP contribution in [0.25, 0.3) is 0 Å². The van der Waals surface area contributed by atoms with E-state index in [-0.39, 0.29) is 0 Å². The largest absolute Gasteiger partial charge is 0.494 e. The smallest absolute Gasteiger partial charge is 0.119 e. The second-order valence-corrected chi connectivity index (χ2v) is 8.00. The zero-order valence-electron chi connectivity index (χ0n) is 18.0. The summed E-state index contributed by atoms with van der Waals surface area (Å²) in [7, 11) is 0. The van der Waals surface area contributed by atoms with Crippen molar-refractivity contribution in [1.29, 1.82) is 0 Å². The molecule has 0 saturated carbocycles. The monoisotopic (exact) mass is 375 g/mol. The van der Waals surface area contributed by atoms with Crippen LogP contribution in [-0.4, -0.2) is 6.61 Å². The molecule has 0 amide bonds. The molecule has 0 bridgehead atoms. The minimum atomic E-state index is 0.597. The van der Waals surface area contributed by atoms with Crippen LogP contribution in [0.4, 0.5) is 0 Å². The molecule has 0 aliphatic rings. The topological polar surface area (TPSA) is 35.2 Å². The van der Waals surface area contributed by atoms with Crippen LogP contribution in [0, 0.1) is 0 Å². The van der Waals surface area contributed by atoms with Gasteiger partial charge in [-0.1, -0.05) is 115 Å². The van der Waals surface area contributed by atoms with Crippen LogP contribution < -0.4 is 10.5 Å². The highest BCUT2D eigenvalue weighted by Crippen LogP contribution is 2.15. The predicted molar refractivity (Wildman–Crippen MR) is 119 cm³/mol. The van der Waals surface area contributed by atoms with E-state index in [1.165, 1.54) is 96.3 Å². The minimum absolute atomic E-state index is 0.597. The van der Waals surface area contributed by atoms with Crippen LogP contribution >= 0.6 is 0 Å². The van der Waals surface area contributed by atoms with Crippen LogP contribution in [0.5, 0.6) is 5.75 Å². The lowest BCUT2D eigenvalue weighted by Gasteiger charge is -2.07. The second-order valence-electron chi connectivity index (χ2n) is 8.00. The van der Waals surface area contributed by atoms with Crippen molar-refractivity contribution in [3.63, 3.8) is 0 Å². The molecule has 0 saturated heterocycles. The standard InChI is InChI=1S/C25H45NO/c1-2-3-4-5-6-7-8-9-10-11-12-13-14-15-16-17-22-27-25-20-18-24(23-26)19-21-25/h18-21H,2-17,22-23,26H2,1H3. The number of ether oxygens (including phenoxy) is 1. The molecule has 156 valence electrons. The Bertz CT molecular complexity index is 415. The molecule has 1 aromatic carbocycles. The fourth-order valence-electron chi connectivity index (χ4n) is 3.56. The summed E-state index contributed by atoms with van der Waals surface area (Å²) in [5.41, 5.74) is 6.76. The number of unbranched alkanes of at least 4 members (excludes halogenated alkanes) is 15. The third-order valence-corrected chi connectivity index (χ3v) is 5.43. The number of benzene rings is 1. The number of nitrogens with two attached hydrogens (primary N) is 1. The van der Waals surface area contributed by atoms with Gasteiger partial charge in [0.2, 0.25) is 0 Å². The van der Waals surface area contributed by atoms with Gasteiger partial charge in [-0.05, 0) is 24.1 Å². The van der Waals surface area contributed by atoms with Gasteiger partial charge in [0.15, 0.2) is 0 Å². The van der Waals surface area contributed by atoms with Gasteiger partial charge in [-0.3, -0.25) is 0 Å². The van der Waals surface area contributed by atoms with Gasteiger partial charge in [-0.2, -0.15) is 0 Å². The van der Waals surface area contributed by atoms with E-state index in [2.05, 4.69) is 6.92 Å². The average molecular weight is 376 g/mol. The first-order chi connectivity index (χ1) is 13.4. The third kappa shape index (κ3) is 14.7. The van der Waals surface area contributed by atoms with E-state index in [9.17, 15) is 0 Å². The van der Waals surface area contributed by atoms with Gasteiger partial charge >= 0.3 is 0 Å². The molecule has 2 heteroatoms. The van der Waals surface area contributed by atoms with E-state index in [1.807, 2.05) is 24.3 Å². The molecule has 0 unspecified atom stereocenters. The first-order valence-electron chi connectivity index (χ1n) is 11.8. The van der Waals surface area contributed by atoms with Gasteiger partial charge in [-0.15, -0.1) is 0 Å². The number of hydrogen-bond donors (Lipinski definition) is 1. The molecule has 0 aromatic heterocycles. The third-order valence-electron chi connectivity index (χ3n) is 5.43. The Balaban J connectivity index is 1.75. The maximum absolute atomic E-state index is 5.78. The first-order valence-corrected chi connectivity index (χ1v) is 11.8. The van der Waals surface area contributed by atoms with Gasteiger partial charge in [0.25, 0.3) is 0 Å². The van der Waals surface area contributed by atoms with E-state index in [0.29, 0.717) is 6.54 Å². The summed E-state index contributed by atoms with van der Waals surface area (Å²) in [6.07, 6.45) is 22.5. The summed E-state index contributed by atoms with van der Waals surface area (Å²) in [6, 6.07) is 8.13. The summed E-state index contributed by atoms with van der Waals surface area (Å²) in [5, 5.41) is 0. The first kappa shape index (κ1) is 24.0. The molecule has 0 fully saturated rings. The fraction of sp³-hybridized carbons (Fsp3) is 0.760. The van der Waals surface area contributed by atoms with Gasteiger partial charge in [0.05, 0.1) is 6.61 Å². The molecule has 0 atom stereocenters. The Labute approximate surface area is 169 Å². The highest BCUT2D eigenvalue weighted by Gasteiger charge is 1.96. The maximum Gasteiger partial charge on any atom is 0.119 e. The fourth-order valence-corrected chi connectivity index (χ4v) is 3.56. The van der Waals surface area contributed by atoms with Crippen molar-refractivity contribution in [2.24, 2.45) is 5.73 Å². The Hall–Kier alpha value is -1.02. The predicted octanol–water partition coefficient (Wildman–Crippen LogP) is 7.79. The molecule has 27 heavy (non-hydrogen) atoms. The molecule has 2 N–H and O–H groups in total. The zero-order valence-corrected chi connectivity index (χ0v) is 18.0. The molecule has 0 heterocycles. The van der Waals surface area contributed by atoms with Gasteiger partial charge in [0.1, 0.15) is 5.75 Å². The summed E-state index contributed by atoms with van der Waals surface area (Å²) in [5.74, 6) is 0.966. The molecule has 0 radical (unpaired) electrons. The van der Waals surface area contributed by atoms with Crippen molar-refractivity contribution < 1.29 is 4.74 Å². The highest BCUT2D eigenvalue weighted by atomic mass is 16.5. The van der Waals surface area contributed by atoms with Gasteiger partial charge in [-0.25, -0.2) is 0 Å². The minimum Gasteiger partial charge on any atom is -0.494 e. The molecular weight excluding hydrogens is 330 g/mol. The lowest BCUT2D eigenvalue weighted by atomic mass is 10.0. The van der Waals surface area contributed by atoms with E-state index in [1.54, 1.807) is 0 Å².